The maximum Gasteiger partial charge on any atom is 0.265 e. The van der Waals surface area contributed by atoms with Crippen LogP contribution in [0.3, 0.4) is 0 Å². The predicted octanol–water partition coefficient (Wildman–Crippen LogP) is 2.11. The van der Waals surface area contributed by atoms with E-state index >= 15 is 0 Å². The zero-order chi connectivity index (χ0) is 16.0. The number of hydrogen-bond acceptors (Lipinski definition) is 5. The second kappa shape index (κ2) is 5.05. The number of nitrogens with zero attached hydrogens (tertiary/aromatic N) is 4. The third-order valence-corrected chi connectivity index (χ3v) is 4.76. The molecule has 118 valence electrons. The van der Waals surface area contributed by atoms with Gasteiger partial charge in [0.25, 0.3) is 10.0 Å². The fraction of sp³-hybridized carbons (Fsp3) is 0.500. The summed E-state index contributed by atoms with van der Waals surface area (Å²) in [5.74, 6) is 1.22. The lowest BCUT2D eigenvalue weighted by Crippen LogP contribution is -2.22. The van der Waals surface area contributed by atoms with Gasteiger partial charge in [0, 0.05) is 12.1 Å². The number of aromatic nitrogens is 4. The van der Waals surface area contributed by atoms with Gasteiger partial charge in [0.1, 0.15) is 10.7 Å². The number of anilines is 1. The lowest BCUT2D eigenvalue weighted by atomic mass is 10.1. The minimum Gasteiger partial charge on any atom is -0.276 e. The molecule has 0 saturated heterocycles. The van der Waals surface area contributed by atoms with Crippen LogP contribution in [0.15, 0.2) is 29.7 Å². The summed E-state index contributed by atoms with van der Waals surface area (Å²) in [6.45, 7) is 5.86. The molecular weight excluding hydrogens is 302 g/mol. The van der Waals surface area contributed by atoms with Crippen LogP contribution in [0.4, 0.5) is 5.69 Å². The lowest BCUT2D eigenvalue weighted by Gasteiger charge is -2.18. The Morgan fingerprint density at radius 3 is 2.32 bits per heavy atom. The smallest absolute Gasteiger partial charge is 0.265 e. The highest BCUT2D eigenvalue weighted by Gasteiger charge is 2.26. The summed E-state index contributed by atoms with van der Waals surface area (Å²) in [6.07, 6.45) is 8.08. The van der Waals surface area contributed by atoms with E-state index in [1.54, 1.807) is 4.68 Å². The van der Waals surface area contributed by atoms with E-state index in [9.17, 15) is 8.42 Å². The standard InChI is InChI=1S/C14H19N5O2S/c1-14(2,3)19-9-12(8-17-19)22(20,21)18-11-6-15-13(16-7-11)10-4-5-10/h6-10,18H,4-5H2,1-3H3. The van der Waals surface area contributed by atoms with Crippen LogP contribution >= 0.6 is 0 Å². The molecule has 2 aromatic rings. The molecule has 7 nitrogen and oxygen atoms in total. The first-order valence-corrected chi connectivity index (χ1v) is 8.64. The zero-order valence-corrected chi connectivity index (χ0v) is 13.6. The molecular formula is C14H19N5O2S. The molecule has 2 heterocycles. The number of rotatable bonds is 4. The molecule has 0 aromatic carbocycles. The summed E-state index contributed by atoms with van der Waals surface area (Å²) in [5, 5.41) is 4.11. The topological polar surface area (TPSA) is 89.8 Å². The van der Waals surface area contributed by atoms with E-state index in [1.165, 1.54) is 24.8 Å². The van der Waals surface area contributed by atoms with Crippen LogP contribution in [0.1, 0.15) is 45.4 Å². The highest BCUT2D eigenvalue weighted by molar-refractivity contribution is 7.92. The first-order valence-electron chi connectivity index (χ1n) is 7.16. The molecule has 3 rings (SSSR count). The molecule has 1 aliphatic carbocycles. The second-order valence-corrected chi connectivity index (χ2v) is 8.18. The highest BCUT2D eigenvalue weighted by Crippen LogP contribution is 2.37. The SMILES string of the molecule is CC(C)(C)n1cc(S(=O)(=O)Nc2cnc(C3CC3)nc2)cn1. The van der Waals surface area contributed by atoms with Crippen molar-refractivity contribution in [2.24, 2.45) is 0 Å². The maximum atomic E-state index is 12.4. The average Bonchev–Trinajstić information content (AvgIpc) is 3.13. The summed E-state index contributed by atoms with van der Waals surface area (Å²) in [5.41, 5.74) is 0.0795. The van der Waals surface area contributed by atoms with Crippen LogP contribution in [-0.4, -0.2) is 28.2 Å². The molecule has 1 N–H and O–H groups in total. The minimum absolute atomic E-state index is 0.119. The van der Waals surface area contributed by atoms with Gasteiger partial charge in [0.2, 0.25) is 0 Å². The summed E-state index contributed by atoms with van der Waals surface area (Å²) >= 11 is 0. The molecule has 1 saturated carbocycles. The fourth-order valence-electron chi connectivity index (χ4n) is 1.97. The van der Waals surface area contributed by atoms with Crippen molar-refractivity contribution >= 4 is 15.7 Å². The summed E-state index contributed by atoms with van der Waals surface area (Å²) < 4.78 is 28.8. The van der Waals surface area contributed by atoms with Gasteiger partial charge >= 0.3 is 0 Å². The van der Waals surface area contributed by atoms with E-state index in [1.807, 2.05) is 20.8 Å². The molecule has 0 amide bonds. The molecule has 1 aliphatic rings. The van der Waals surface area contributed by atoms with Crippen LogP contribution < -0.4 is 4.72 Å². The maximum absolute atomic E-state index is 12.4. The fourth-order valence-corrected chi connectivity index (χ4v) is 2.93. The minimum atomic E-state index is -3.68. The lowest BCUT2D eigenvalue weighted by molar-refractivity contribution is 0.355. The van der Waals surface area contributed by atoms with E-state index in [4.69, 9.17) is 0 Å². The average molecular weight is 321 g/mol. The Morgan fingerprint density at radius 2 is 1.82 bits per heavy atom. The van der Waals surface area contributed by atoms with Crippen molar-refractivity contribution in [2.75, 3.05) is 4.72 Å². The number of hydrogen-bond donors (Lipinski definition) is 1. The molecule has 0 spiro atoms. The molecule has 22 heavy (non-hydrogen) atoms. The number of nitrogens with one attached hydrogen (secondary N) is 1. The highest BCUT2D eigenvalue weighted by atomic mass is 32.2. The molecule has 0 bridgehead atoms. The van der Waals surface area contributed by atoms with Gasteiger partial charge in [0.05, 0.1) is 29.8 Å². The van der Waals surface area contributed by atoms with Crippen molar-refractivity contribution in [1.82, 2.24) is 19.7 Å². The van der Waals surface area contributed by atoms with E-state index in [0.29, 0.717) is 11.6 Å². The largest absolute Gasteiger partial charge is 0.276 e. The summed E-state index contributed by atoms with van der Waals surface area (Å²) in [4.78, 5) is 8.53. The van der Waals surface area contributed by atoms with Gasteiger partial charge in [-0.3, -0.25) is 9.40 Å². The van der Waals surface area contributed by atoms with Crippen molar-refractivity contribution in [3.05, 3.63) is 30.6 Å². The Balaban J connectivity index is 1.79. The molecule has 0 atom stereocenters. The van der Waals surface area contributed by atoms with E-state index < -0.39 is 10.0 Å². The Bertz CT molecular complexity index is 770. The summed E-state index contributed by atoms with van der Waals surface area (Å²) in [7, 11) is -3.68. The Hall–Kier alpha value is -1.96. The first-order chi connectivity index (χ1) is 10.3. The molecule has 0 aliphatic heterocycles. The molecule has 1 fully saturated rings. The van der Waals surface area contributed by atoms with Crippen molar-refractivity contribution < 1.29 is 8.42 Å². The van der Waals surface area contributed by atoms with Gasteiger partial charge in [-0.05, 0) is 33.6 Å². The summed E-state index contributed by atoms with van der Waals surface area (Å²) in [6, 6.07) is 0. The molecule has 0 unspecified atom stereocenters. The predicted molar refractivity (Wildman–Crippen MR) is 82.0 cm³/mol. The zero-order valence-electron chi connectivity index (χ0n) is 12.8. The Labute approximate surface area is 129 Å². The van der Waals surface area contributed by atoms with Crippen LogP contribution in [0, 0.1) is 0 Å². The van der Waals surface area contributed by atoms with Crippen molar-refractivity contribution in [1.29, 1.82) is 0 Å². The van der Waals surface area contributed by atoms with Gasteiger partial charge in [-0.25, -0.2) is 18.4 Å². The van der Waals surface area contributed by atoms with E-state index in [2.05, 4.69) is 19.8 Å². The van der Waals surface area contributed by atoms with Crippen molar-refractivity contribution in [3.63, 3.8) is 0 Å². The van der Waals surface area contributed by atoms with E-state index in [-0.39, 0.29) is 10.4 Å². The van der Waals surface area contributed by atoms with Gasteiger partial charge < -0.3 is 0 Å². The quantitative estimate of drug-likeness (QED) is 0.931. The second-order valence-electron chi connectivity index (χ2n) is 6.50. The van der Waals surface area contributed by atoms with Crippen molar-refractivity contribution in [2.45, 2.75) is 50.0 Å². The Morgan fingerprint density at radius 1 is 1.18 bits per heavy atom. The molecule has 8 heteroatoms. The molecule has 0 radical (unpaired) electrons. The normalized spacial score (nSPS) is 15.8. The van der Waals surface area contributed by atoms with Gasteiger partial charge in [-0.2, -0.15) is 5.10 Å². The number of sulfonamides is 1. The van der Waals surface area contributed by atoms with Crippen molar-refractivity contribution in [3.8, 4) is 0 Å². The van der Waals surface area contributed by atoms with Crippen LogP contribution in [0.2, 0.25) is 0 Å². The third kappa shape index (κ3) is 3.11. The first kappa shape index (κ1) is 15.0. The van der Waals surface area contributed by atoms with E-state index in [0.717, 1.165) is 18.7 Å². The van der Waals surface area contributed by atoms with Gasteiger partial charge in [0.15, 0.2) is 0 Å². The monoisotopic (exact) mass is 321 g/mol. The third-order valence-electron chi connectivity index (χ3n) is 3.42. The molecule has 2 aromatic heterocycles. The Kier molecular flexibility index (Phi) is 3.43. The van der Waals surface area contributed by atoms with Crippen LogP contribution in [0.25, 0.3) is 0 Å². The van der Waals surface area contributed by atoms with Gasteiger partial charge in [-0.1, -0.05) is 0 Å². The van der Waals surface area contributed by atoms with Crippen LogP contribution in [0.5, 0.6) is 0 Å². The van der Waals surface area contributed by atoms with Gasteiger partial charge in [-0.15, -0.1) is 0 Å². The van der Waals surface area contributed by atoms with Crippen LogP contribution in [-0.2, 0) is 15.6 Å².